The van der Waals surface area contributed by atoms with Gasteiger partial charge >= 0.3 is 5.97 Å². The van der Waals surface area contributed by atoms with Gasteiger partial charge in [0.1, 0.15) is 0 Å². The first-order chi connectivity index (χ1) is 8.58. The van der Waals surface area contributed by atoms with Gasteiger partial charge in [-0.1, -0.05) is 71.7 Å². The number of aliphatic carboxylic acids is 1. The lowest BCUT2D eigenvalue weighted by Gasteiger charge is -2.10. The quantitative estimate of drug-likeness (QED) is 0.678. The highest BCUT2D eigenvalue weighted by molar-refractivity contribution is 6.52. The van der Waals surface area contributed by atoms with Crippen LogP contribution in [0.3, 0.4) is 0 Å². The molecule has 1 N–H and O–H groups in total. The first-order valence-corrected chi connectivity index (χ1v) is 6.17. The molecule has 4 aliphatic carbocycles. The van der Waals surface area contributed by atoms with Gasteiger partial charge in [0, 0.05) is 0 Å². The zero-order valence-electron chi connectivity index (χ0n) is 9.31. The second kappa shape index (κ2) is 5.42. The van der Waals surface area contributed by atoms with Gasteiger partial charge in [0.25, 0.3) is 0 Å². The Kier molecular flexibility index (Phi) is 3.90. The Labute approximate surface area is 115 Å². The predicted octanol–water partition coefficient (Wildman–Crippen LogP) is 4.21. The van der Waals surface area contributed by atoms with Crippen molar-refractivity contribution in [1.82, 2.24) is 0 Å². The molecule has 4 bridgehead atoms. The van der Waals surface area contributed by atoms with Crippen molar-refractivity contribution in [3.63, 3.8) is 0 Å². The maximum atomic E-state index is 9.44. The molecular weight excluding hydrogens is 271 g/mol. The number of carboxylic acid groups (broad SMARTS) is 1. The first kappa shape index (κ1) is 12.9. The van der Waals surface area contributed by atoms with Gasteiger partial charge in [-0.3, -0.25) is 0 Å². The fourth-order valence-corrected chi connectivity index (χ4v) is 1.71. The zero-order chi connectivity index (χ0) is 13.1. The lowest BCUT2D eigenvalue weighted by Crippen LogP contribution is -2.03. The molecule has 0 unspecified atom stereocenters. The summed E-state index contributed by atoms with van der Waals surface area (Å²) in [4.78, 5) is 8.15. The third-order valence-corrected chi connectivity index (χ3v) is 3.00. The van der Waals surface area contributed by atoms with Crippen molar-refractivity contribution in [3.05, 3.63) is 48.5 Å². The van der Waals surface area contributed by atoms with Crippen LogP contribution in [0.1, 0.15) is 0 Å². The van der Waals surface area contributed by atoms with E-state index in [1.54, 1.807) is 0 Å². The lowest BCUT2D eigenvalue weighted by molar-refractivity contribution is -0.135. The van der Waals surface area contributed by atoms with Gasteiger partial charge in [0.2, 0.25) is 4.84 Å². The molecule has 0 spiro atoms. The molecule has 0 saturated carbocycles. The molecule has 2 aromatic carbocycles. The van der Waals surface area contributed by atoms with Gasteiger partial charge in [-0.15, -0.1) is 0 Å². The van der Waals surface area contributed by atoms with Crippen LogP contribution in [0, 0.1) is 0 Å². The Morgan fingerprint density at radius 1 is 0.778 bits per heavy atom. The Balaban J connectivity index is 0.000000174. The number of rotatable bonds is 1. The highest BCUT2D eigenvalue weighted by Gasteiger charge is 2.05. The van der Waals surface area contributed by atoms with E-state index >= 15 is 0 Å². The standard InChI is InChI=1S/C12H8.C2H2Cl2O2/c1-2-10-4-3-9(1)11-5-7-12(10)8-6-11;3-1(4)2(5)6/h1-8H;1H,(H,5,6). The summed E-state index contributed by atoms with van der Waals surface area (Å²) in [6, 6.07) is 17.4. The summed E-state index contributed by atoms with van der Waals surface area (Å²) in [5.41, 5.74) is 5.24. The van der Waals surface area contributed by atoms with Crippen molar-refractivity contribution in [2.75, 3.05) is 0 Å². The van der Waals surface area contributed by atoms with Crippen LogP contribution in [0.25, 0.3) is 22.3 Å². The highest BCUT2D eigenvalue weighted by Crippen LogP contribution is 2.30. The summed E-state index contributed by atoms with van der Waals surface area (Å²) >= 11 is 9.56. The van der Waals surface area contributed by atoms with Crippen LogP contribution in [0.4, 0.5) is 0 Å². The fraction of sp³-hybridized carbons (Fsp3) is 0.0714. The van der Waals surface area contributed by atoms with E-state index < -0.39 is 10.8 Å². The normalized spacial score (nSPS) is 10.6. The third-order valence-electron chi connectivity index (χ3n) is 2.62. The van der Waals surface area contributed by atoms with Crippen LogP contribution in [-0.4, -0.2) is 15.9 Å². The molecule has 0 aliphatic heterocycles. The van der Waals surface area contributed by atoms with Crippen LogP contribution < -0.4 is 0 Å². The van der Waals surface area contributed by atoms with E-state index in [2.05, 4.69) is 48.5 Å². The van der Waals surface area contributed by atoms with Crippen LogP contribution in [-0.2, 0) is 4.79 Å². The number of carbonyl (C=O) groups is 1. The smallest absolute Gasteiger partial charge is 0.337 e. The number of carboxylic acids is 1. The number of benzene rings is 2. The summed E-state index contributed by atoms with van der Waals surface area (Å²) in [7, 11) is 0. The van der Waals surface area contributed by atoms with E-state index in [-0.39, 0.29) is 0 Å². The van der Waals surface area contributed by atoms with E-state index in [0.29, 0.717) is 0 Å². The Morgan fingerprint density at radius 2 is 0.944 bits per heavy atom. The summed E-state index contributed by atoms with van der Waals surface area (Å²) < 4.78 is 0. The summed E-state index contributed by atoms with van der Waals surface area (Å²) in [5.74, 6) is -1.21. The topological polar surface area (TPSA) is 37.3 Å². The molecule has 0 atom stereocenters. The maximum Gasteiger partial charge on any atom is 0.337 e. The largest absolute Gasteiger partial charge is 0.479 e. The van der Waals surface area contributed by atoms with E-state index in [0.717, 1.165) is 0 Å². The molecule has 0 saturated heterocycles. The van der Waals surface area contributed by atoms with Gasteiger partial charge in [0.05, 0.1) is 0 Å². The molecular formula is C14H10Cl2O2. The van der Waals surface area contributed by atoms with Crippen molar-refractivity contribution in [3.8, 4) is 22.3 Å². The molecule has 0 aromatic heterocycles. The third kappa shape index (κ3) is 2.84. The molecule has 0 fully saturated rings. The second-order valence-electron chi connectivity index (χ2n) is 3.79. The van der Waals surface area contributed by atoms with Gasteiger partial charge in [0.15, 0.2) is 0 Å². The highest BCUT2D eigenvalue weighted by atomic mass is 35.5. The average Bonchev–Trinajstić information content (AvgIpc) is 2.35. The first-order valence-electron chi connectivity index (χ1n) is 5.30. The minimum Gasteiger partial charge on any atom is -0.479 e. The molecule has 0 radical (unpaired) electrons. The number of hydrogen-bond donors (Lipinski definition) is 1. The number of alkyl halides is 2. The summed E-state index contributed by atoms with van der Waals surface area (Å²) in [6.07, 6.45) is 0. The Bertz CT molecular complexity index is 460. The van der Waals surface area contributed by atoms with Crippen molar-refractivity contribution in [1.29, 1.82) is 0 Å². The van der Waals surface area contributed by atoms with E-state index in [4.69, 9.17) is 28.3 Å². The second-order valence-corrected chi connectivity index (χ2v) is 4.89. The van der Waals surface area contributed by atoms with Crippen molar-refractivity contribution < 1.29 is 9.90 Å². The van der Waals surface area contributed by atoms with Crippen LogP contribution in [0.15, 0.2) is 48.5 Å². The Morgan fingerprint density at radius 3 is 1.06 bits per heavy atom. The van der Waals surface area contributed by atoms with Crippen molar-refractivity contribution in [2.24, 2.45) is 0 Å². The summed E-state index contributed by atoms with van der Waals surface area (Å²) in [5, 5.41) is 7.73. The van der Waals surface area contributed by atoms with E-state index in [9.17, 15) is 4.79 Å². The molecule has 2 nitrogen and oxygen atoms in total. The zero-order valence-corrected chi connectivity index (χ0v) is 10.8. The van der Waals surface area contributed by atoms with Crippen LogP contribution in [0.5, 0.6) is 0 Å². The monoisotopic (exact) mass is 280 g/mol. The number of halogens is 2. The van der Waals surface area contributed by atoms with Gasteiger partial charge in [-0.25, -0.2) is 4.79 Å². The van der Waals surface area contributed by atoms with E-state index in [1.165, 1.54) is 22.3 Å². The molecule has 92 valence electrons. The minimum atomic E-state index is -1.29. The van der Waals surface area contributed by atoms with Gasteiger partial charge in [-0.05, 0) is 22.3 Å². The molecule has 6 rings (SSSR count). The molecule has 4 heteroatoms. The Hall–Kier alpha value is -1.51. The van der Waals surface area contributed by atoms with Crippen molar-refractivity contribution in [2.45, 2.75) is 4.84 Å². The van der Waals surface area contributed by atoms with Gasteiger partial charge in [-0.2, -0.15) is 0 Å². The van der Waals surface area contributed by atoms with E-state index in [1.807, 2.05) is 0 Å². The van der Waals surface area contributed by atoms with Gasteiger partial charge < -0.3 is 5.11 Å². The molecule has 2 aromatic rings. The van der Waals surface area contributed by atoms with Crippen LogP contribution >= 0.6 is 23.2 Å². The lowest BCUT2D eigenvalue weighted by atomic mass is 9.95. The number of hydrogen-bond acceptors (Lipinski definition) is 1. The van der Waals surface area contributed by atoms with Crippen LogP contribution in [0.2, 0.25) is 0 Å². The SMILES string of the molecule is O=C(O)C(Cl)Cl.c1cc2ccc1-c1ccc-2cc1. The molecule has 4 aliphatic rings. The fourth-order valence-electron chi connectivity index (χ4n) is 1.71. The van der Waals surface area contributed by atoms with Crippen molar-refractivity contribution >= 4 is 29.2 Å². The summed E-state index contributed by atoms with van der Waals surface area (Å²) in [6.45, 7) is 0. The maximum absolute atomic E-state index is 9.44. The predicted molar refractivity (Wildman–Crippen MR) is 74.0 cm³/mol. The molecule has 0 heterocycles. The minimum absolute atomic E-state index is 1.21. The average molecular weight is 281 g/mol. The molecule has 0 amide bonds. The molecule has 18 heavy (non-hydrogen) atoms.